The molecule has 3 rings (SSSR count). The number of nitrogens with zero attached hydrogens (tertiary/aromatic N) is 3. The SMILES string of the molecule is C=CCn1c(SCC(=O)Nc2ccccc2C(C)=O)nnc1C1CC1. The lowest BCUT2D eigenvalue weighted by Crippen LogP contribution is -2.16. The Kier molecular flexibility index (Phi) is 5.33. The van der Waals surface area contributed by atoms with E-state index >= 15 is 0 Å². The van der Waals surface area contributed by atoms with E-state index in [1.165, 1.54) is 18.7 Å². The van der Waals surface area contributed by atoms with Gasteiger partial charge in [-0.15, -0.1) is 16.8 Å². The van der Waals surface area contributed by atoms with E-state index in [9.17, 15) is 9.59 Å². The molecule has 0 saturated heterocycles. The quantitative estimate of drug-likeness (QED) is 0.446. The molecule has 1 amide bonds. The minimum atomic E-state index is -0.181. The molecule has 1 saturated carbocycles. The van der Waals surface area contributed by atoms with Crippen LogP contribution in [-0.4, -0.2) is 32.2 Å². The van der Waals surface area contributed by atoms with Gasteiger partial charge in [0.1, 0.15) is 5.82 Å². The molecule has 6 nitrogen and oxygen atoms in total. The van der Waals surface area contributed by atoms with Gasteiger partial charge >= 0.3 is 0 Å². The Morgan fingerprint density at radius 2 is 2.12 bits per heavy atom. The number of carbonyl (C=O) groups excluding carboxylic acids is 2. The monoisotopic (exact) mass is 356 g/mol. The van der Waals surface area contributed by atoms with E-state index in [0.29, 0.717) is 23.7 Å². The molecule has 0 bridgehead atoms. The van der Waals surface area contributed by atoms with Crippen molar-refractivity contribution in [3.8, 4) is 0 Å². The molecule has 0 spiro atoms. The molecule has 1 aromatic carbocycles. The molecule has 1 fully saturated rings. The topological polar surface area (TPSA) is 76.9 Å². The number of ketones is 1. The number of hydrogen-bond acceptors (Lipinski definition) is 5. The predicted molar refractivity (Wildman–Crippen MR) is 98.0 cm³/mol. The third-order valence-corrected chi connectivity index (χ3v) is 4.88. The lowest BCUT2D eigenvalue weighted by Gasteiger charge is -2.09. The van der Waals surface area contributed by atoms with Gasteiger partial charge < -0.3 is 9.88 Å². The second-order valence-corrected chi connectivity index (χ2v) is 6.90. The summed E-state index contributed by atoms with van der Waals surface area (Å²) in [6.45, 7) is 5.90. The molecule has 1 heterocycles. The van der Waals surface area contributed by atoms with Crippen molar-refractivity contribution in [3.05, 3.63) is 48.3 Å². The zero-order chi connectivity index (χ0) is 17.8. The first kappa shape index (κ1) is 17.4. The van der Waals surface area contributed by atoms with E-state index in [0.717, 1.165) is 23.8 Å². The summed E-state index contributed by atoms with van der Waals surface area (Å²) >= 11 is 1.34. The molecule has 0 unspecified atom stereocenters. The normalized spacial score (nSPS) is 13.5. The summed E-state index contributed by atoms with van der Waals surface area (Å²) in [5.41, 5.74) is 1.04. The van der Waals surface area contributed by atoms with Gasteiger partial charge in [-0.3, -0.25) is 9.59 Å². The van der Waals surface area contributed by atoms with E-state index in [1.807, 2.05) is 10.6 Å². The summed E-state index contributed by atoms with van der Waals surface area (Å²) in [5.74, 6) is 1.40. The molecule has 1 N–H and O–H groups in total. The summed E-state index contributed by atoms with van der Waals surface area (Å²) in [6.07, 6.45) is 4.09. The lowest BCUT2D eigenvalue weighted by atomic mass is 10.1. The van der Waals surface area contributed by atoms with Crippen molar-refractivity contribution < 1.29 is 9.59 Å². The maximum Gasteiger partial charge on any atom is 0.234 e. The zero-order valence-corrected chi connectivity index (χ0v) is 14.9. The summed E-state index contributed by atoms with van der Waals surface area (Å²) in [4.78, 5) is 23.9. The molecule has 25 heavy (non-hydrogen) atoms. The number of anilines is 1. The highest BCUT2D eigenvalue weighted by atomic mass is 32.2. The van der Waals surface area contributed by atoms with Crippen LogP contribution in [0.4, 0.5) is 5.69 Å². The Morgan fingerprint density at radius 3 is 2.80 bits per heavy atom. The first-order chi connectivity index (χ1) is 12.1. The molecular weight excluding hydrogens is 336 g/mol. The van der Waals surface area contributed by atoms with Crippen molar-refractivity contribution in [3.63, 3.8) is 0 Å². The number of hydrogen-bond donors (Lipinski definition) is 1. The van der Waals surface area contributed by atoms with E-state index in [-0.39, 0.29) is 17.4 Å². The highest BCUT2D eigenvalue weighted by Crippen LogP contribution is 2.40. The maximum absolute atomic E-state index is 12.3. The standard InChI is InChI=1S/C18H20N4O2S/c1-3-10-22-17(13-8-9-13)20-21-18(22)25-11-16(24)19-15-7-5-4-6-14(15)12(2)23/h3-7,13H,1,8-11H2,2H3,(H,19,24). The Morgan fingerprint density at radius 1 is 1.36 bits per heavy atom. The van der Waals surface area contributed by atoms with Gasteiger partial charge in [0.05, 0.1) is 11.4 Å². The second kappa shape index (κ2) is 7.65. The number of allylic oxidation sites excluding steroid dienone is 1. The van der Waals surface area contributed by atoms with Crippen LogP contribution in [0.3, 0.4) is 0 Å². The van der Waals surface area contributed by atoms with Crippen molar-refractivity contribution >= 4 is 29.1 Å². The number of nitrogens with one attached hydrogen (secondary N) is 1. The molecule has 7 heteroatoms. The van der Waals surface area contributed by atoms with Crippen LogP contribution < -0.4 is 5.32 Å². The Bertz CT molecular complexity index is 811. The van der Waals surface area contributed by atoms with E-state index in [2.05, 4.69) is 22.1 Å². The number of thioether (sulfide) groups is 1. The largest absolute Gasteiger partial charge is 0.325 e. The van der Waals surface area contributed by atoms with Crippen molar-refractivity contribution in [2.24, 2.45) is 0 Å². The minimum absolute atomic E-state index is 0.0802. The number of aromatic nitrogens is 3. The van der Waals surface area contributed by atoms with Gasteiger partial charge in [0, 0.05) is 18.0 Å². The summed E-state index contributed by atoms with van der Waals surface area (Å²) < 4.78 is 2.02. The summed E-state index contributed by atoms with van der Waals surface area (Å²) in [6, 6.07) is 6.99. The van der Waals surface area contributed by atoms with Crippen LogP contribution in [0.2, 0.25) is 0 Å². The van der Waals surface area contributed by atoms with Gasteiger partial charge in [0.2, 0.25) is 5.91 Å². The summed E-state index contributed by atoms with van der Waals surface area (Å²) in [5, 5.41) is 12.0. The molecule has 1 aliphatic carbocycles. The molecule has 0 radical (unpaired) electrons. The fourth-order valence-corrected chi connectivity index (χ4v) is 3.32. The molecule has 0 atom stereocenters. The Hall–Kier alpha value is -2.41. The molecule has 1 aromatic heterocycles. The van der Waals surface area contributed by atoms with Crippen LogP contribution >= 0.6 is 11.8 Å². The van der Waals surface area contributed by atoms with E-state index < -0.39 is 0 Å². The minimum Gasteiger partial charge on any atom is -0.325 e. The van der Waals surface area contributed by atoms with Crippen LogP contribution in [0.15, 0.2) is 42.1 Å². The fraction of sp³-hybridized carbons (Fsp3) is 0.333. The molecule has 1 aliphatic rings. The number of rotatable bonds is 8. The van der Waals surface area contributed by atoms with Crippen molar-refractivity contribution in [2.45, 2.75) is 37.4 Å². The van der Waals surface area contributed by atoms with Gasteiger partial charge in [0.25, 0.3) is 0 Å². The van der Waals surface area contributed by atoms with Gasteiger partial charge in [0.15, 0.2) is 10.9 Å². The highest BCUT2D eigenvalue weighted by molar-refractivity contribution is 7.99. The van der Waals surface area contributed by atoms with Crippen molar-refractivity contribution in [1.82, 2.24) is 14.8 Å². The van der Waals surface area contributed by atoms with Gasteiger partial charge in [-0.1, -0.05) is 30.0 Å². The first-order valence-corrected chi connectivity index (χ1v) is 9.15. The maximum atomic E-state index is 12.3. The average molecular weight is 356 g/mol. The van der Waals surface area contributed by atoms with E-state index in [1.54, 1.807) is 24.3 Å². The Labute approximate surface area is 150 Å². The molecule has 0 aliphatic heterocycles. The molecular formula is C18H20N4O2S. The number of para-hydroxylation sites is 1. The van der Waals surface area contributed by atoms with Crippen molar-refractivity contribution in [2.75, 3.05) is 11.1 Å². The van der Waals surface area contributed by atoms with Crippen LogP contribution in [0.5, 0.6) is 0 Å². The number of Topliss-reactive ketones (excluding diaryl/α,β-unsaturated/α-hetero) is 1. The number of amides is 1. The van der Waals surface area contributed by atoms with Gasteiger partial charge in [-0.2, -0.15) is 0 Å². The first-order valence-electron chi connectivity index (χ1n) is 8.16. The molecule has 2 aromatic rings. The lowest BCUT2D eigenvalue weighted by molar-refractivity contribution is -0.113. The number of carbonyl (C=O) groups is 2. The second-order valence-electron chi connectivity index (χ2n) is 5.95. The molecule has 130 valence electrons. The van der Waals surface area contributed by atoms with Crippen LogP contribution in [-0.2, 0) is 11.3 Å². The third kappa shape index (κ3) is 4.17. The van der Waals surface area contributed by atoms with Crippen LogP contribution in [0, 0.1) is 0 Å². The van der Waals surface area contributed by atoms with Gasteiger partial charge in [-0.25, -0.2) is 0 Å². The zero-order valence-electron chi connectivity index (χ0n) is 14.1. The smallest absolute Gasteiger partial charge is 0.234 e. The third-order valence-electron chi connectivity index (χ3n) is 3.91. The summed E-state index contributed by atoms with van der Waals surface area (Å²) in [7, 11) is 0. The van der Waals surface area contributed by atoms with E-state index in [4.69, 9.17) is 0 Å². The van der Waals surface area contributed by atoms with Crippen molar-refractivity contribution in [1.29, 1.82) is 0 Å². The average Bonchev–Trinajstić information content (AvgIpc) is 3.36. The number of benzene rings is 1. The Balaban J connectivity index is 1.65. The van der Waals surface area contributed by atoms with Crippen LogP contribution in [0.25, 0.3) is 0 Å². The van der Waals surface area contributed by atoms with Crippen LogP contribution in [0.1, 0.15) is 41.9 Å². The predicted octanol–water partition coefficient (Wildman–Crippen LogP) is 3.27. The van der Waals surface area contributed by atoms with Gasteiger partial charge in [-0.05, 0) is 31.9 Å². The highest BCUT2D eigenvalue weighted by Gasteiger charge is 2.30. The fourth-order valence-electron chi connectivity index (χ4n) is 2.57.